The van der Waals surface area contributed by atoms with Crippen LogP contribution in [0.2, 0.25) is 0 Å². The SMILES string of the molecule is Cc1ccc(NC(=O)c2ccc([N+](=O)[O-])c(C)c2)cc1N1CCCC1=O. The minimum absolute atomic E-state index is 0.0216. The Hall–Kier alpha value is -3.22. The summed E-state index contributed by atoms with van der Waals surface area (Å²) in [4.78, 5) is 36.6. The Morgan fingerprint density at radius 1 is 1.15 bits per heavy atom. The van der Waals surface area contributed by atoms with Crippen molar-refractivity contribution < 1.29 is 14.5 Å². The molecular weight excluding hydrogens is 334 g/mol. The first-order valence-electron chi connectivity index (χ1n) is 8.34. The van der Waals surface area contributed by atoms with Crippen molar-refractivity contribution in [2.75, 3.05) is 16.8 Å². The second-order valence-corrected chi connectivity index (χ2v) is 6.36. The number of nitrogens with zero attached hydrogens (tertiary/aromatic N) is 2. The molecule has 0 aromatic heterocycles. The smallest absolute Gasteiger partial charge is 0.272 e. The van der Waals surface area contributed by atoms with Crippen molar-refractivity contribution in [2.24, 2.45) is 0 Å². The number of nitro groups is 1. The minimum Gasteiger partial charge on any atom is -0.322 e. The molecule has 0 saturated carbocycles. The number of carbonyl (C=O) groups is 2. The van der Waals surface area contributed by atoms with Crippen LogP contribution in [0.5, 0.6) is 0 Å². The van der Waals surface area contributed by atoms with Crippen molar-refractivity contribution in [2.45, 2.75) is 26.7 Å². The summed E-state index contributed by atoms with van der Waals surface area (Å²) in [6.07, 6.45) is 1.37. The molecule has 0 unspecified atom stereocenters. The van der Waals surface area contributed by atoms with E-state index in [0.717, 1.165) is 17.7 Å². The maximum Gasteiger partial charge on any atom is 0.272 e. The lowest BCUT2D eigenvalue weighted by atomic mass is 10.1. The maximum atomic E-state index is 12.5. The average molecular weight is 353 g/mol. The van der Waals surface area contributed by atoms with Gasteiger partial charge >= 0.3 is 0 Å². The number of amides is 2. The summed E-state index contributed by atoms with van der Waals surface area (Å²) in [5, 5.41) is 13.7. The van der Waals surface area contributed by atoms with Crippen molar-refractivity contribution in [3.8, 4) is 0 Å². The molecule has 0 radical (unpaired) electrons. The van der Waals surface area contributed by atoms with Gasteiger partial charge in [0.05, 0.1) is 4.92 Å². The summed E-state index contributed by atoms with van der Waals surface area (Å²) >= 11 is 0. The number of carbonyl (C=O) groups excluding carboxylic acids is 2. The van der Waals surface area contributed by atoms with E-state index >= 15 is 0 Å². The van der Waals surface area contributed by atoms with Gasteiger partial charge in [0.1, 0.15) is 0 Å². The Labute approximate surface area is 150 Å². The molecule has 134 valence electrons. The highest BCUT2D eigenvalue weighted by atomic mass is 16.6. The van der Waals surface area contributed by atoms with Crippen LogP contribution in [-0.2, 0) is 4.79 Å². The standard InChI is InChI=1S/C19H19N3O4/c1-12-5-7-15(11-17(12)21-9-3-4-18(21)23)20-19(24)14-6-8-16(22(25)26)13(2)10-14/h5-8,10-11H,3-4,9H2,1-2H3,(H,20,24). The van der Waals surface area contributed by atoms with Gasteiger partial charge in [-0.1, -0.05) is 6.07 Å². The van der Waals surface area contributed by atoms with E-state index in [0.29, 0.717) is 29.8 Å². The van der Waals surface area contributed by atoms with Gasteiger partial charge in [0.2, 0.25) is 5.91 Å². The molecule has 2 amide bonds. The zero-order chi connectivity index (χ0) is 18.8. The summed E-state index contributed by atoms with van der Waals surface area (Å²) in [6, 6.07) is 9.67. The lowest BCUT2D eigenvalue weighted by Gasteiger charge is -2.19. The third-order valence-electron chi connectivity index (χ3n) is 4.49. The van der Waals surface area contributed by atoms with Gasteiger partial charge < -0.3 is 10.2 Å². The van der Waals surface area contributed by atoms with E-state index in [9.17, 15) is 19.7 Å². The van der Waals surface area contributed by atoms with Crippen molar-refractivity contribution >= 4 is 28.9 Å². The summed E-state index contributed by atoms with van der Waals surface area (Å²) in [7, 11) is 0. The molecule has 7 heteroatoms. The zero-order valence-electron chi connectivity index (χ0n) is 14.6. The van der Waals surface area contributed by atoms with Crippen molar-refractivity contribution in [3.05, 3.63) is 63.2 Å². The van der Waals surface area contributed by atoms with Gasteiger partial charge in [0.25, 0.3) is 11.6 Å². The second kappa shape index (κ2) is 6.95. The first-order chi connectivity index (χ1) is 12.4. The van der Waals surface area contributed by atoms with Crippen LogP contribution < -0.4 is 10.2 Å². The maximum absolute atomic E-state index is 12.5. The summed E-state index contributed by atoms with van der Waals surface area (Å²) in [6.45, 7) is 4.20. The van der Waals surface area contributed by atoms with E-state index < -0.39 is 4.92 Å². The highest BCUT2D eigenvalue weighted by molar-refractivity contribution is 6.05. The van der Waals surface area contributed by atoms with Crippen LogP contribution in [-0.4, -0.2) is 23.3 Å². The normalized spacial score (nSPS) is 13.8. The fourth-order valence-electron chi connectivity index (χ4n) is 3.09. The fourth-order valence-corrected chi connectivity index (χ4v) is 3.09. The minimum atomic E-state index is -0.476. The van der Waals surface area contributed by atoms with Gasteiger partial charge in [0, 0.05) is 41.5 Å². The first kappa shape index (κ1) is 17.6. The second-order valence-electron chi connectivity index (χ2n) is 6.36. The molecule has 1 heterocycles. The number of nitrogens with one attached hydrogen (secondary N) is 1. The summed E-state index contributed by atoms with van der Waals surface area (Å²) < 4.78 is 0. The highest BCUT2D eigenvalue weighted by Gasteiger charge is 2.23. The molecule has 1 saturated heterocycles. The van der Waals surface area contributed by atoms with Crippen molar-refractivity contribution in [1.82, 2.24) is 0 Å². The highest BCUT2D eigenvalue weighted by Crippen LogP contribution is 2.28. The lowest BCUT2D eigenvalue weighted by Crippen LogP contribution is -2.24. The summed E-state index contributed by atoms with van der Waals surface area (Å²) in [5.41, 5.74) is 3.08. The molecule has 0 atom stereocenters. The molecular formula is C19H19N3O4. The van der Waals surface area contributed by atoms with Crippen LogP contribution >= 0.6 is 0 Å². The van der Waals surface area contributed by atoms with Gasteiger partial charge in [-0.25, -0.2) is 0 Å². The first-order valence-corrected chi connectivity index (χ1v) is 8.34. The molecule has 1 aliphatic rings. The molecule has 0 spiro atoms. The Morgan fingerprint density at radius 3 is 2.54 bits per heavy atom. The number of rotatable bonds is 4. The number of nitro benzene ring substituents is 1. The van der Waals surface area contributed by atoms with E-state index in [1.165, 1.54) is 18.2 Å². The molecule has 1 fully saturated rings. The molecule has 2 aromatic rings. The largest absolute Gasteiger partial charge is 0.322 e. The third kappa shape index (κ3) is 3.42. The molecule has 1 N–H and O–H groups in total. The zero-order valence-corrected chi connectivity index (χ0v) is 14.6. The van der Waals surface area contributed by atoms with Crippen molar-refractivity contribution in [3.63, 3.8) is 0 Å². The van der Waals surface area contributed by atoms with Gasteiger partial charge in [0.15, 0.2) is 0 Å². The number of anilines is 2. The van der Waals surface area contributed by atoms with E-state index in [2.05, 4.69) is 5.32 Å². The topological polar surface area (TPSA) is 92.5 Å². The van der Waals surface area contributed by atoms with Crippen molar-refractivity contribution in [1.29, 1.82) is 0 Å². The average Bonchev–Trinajstić information content (AvgIpc) is 3.02. The Bertz CT molecular complexity index is 908. The molecule has 26 heavy (non-hydrogen) atoms. The monoisotopic (exact) mass is 353 g/mol. The van der Waals surface area contributed by atoms with Gasteiger partial charge in [-0.15, -0.1) is 0 Å². The lowest BCUT2D eigenvalue weighted by molar-refractivity contribution is -0.385. The van der Waals surface area contributed by atoms with E-state index in [4.69, 9.17) is 0 Å². The number of hydrogen-bond acceptors (Lipinski definition) is 4. The van der Waals surface area contributed by atoms with Crippen LogP contribution in [0.1, 0.15) is 34.3 Å². The Morgan fingerprint density at radius 2 is 1.92 bits per heavy atom. The Kier molecular flexibility index (Phi) is 4.71. The van der Waals surface area contributed by atoms with Gasteiger partial charge in [-0.05, 0) is 50.1 Å². The van der Waals surface area contributed by atoms with E-state index in [1.54, 1.807) is 24.0 Å². The van der Waals surface area contributed by atoms with Crippen LogP contribution in [0.25, 0.3) is 0 Å². The molecule has 0 bridgehead atoms. The molecule has 0 aliphatic carbocycles. The molecule has 7 nitrogen and oxygen atoms in total. The van der Waals surface area contributed by atoms with E-state index in [1.807, 2.05) is 13.0 Å². The predicted octanol–water partition coefficient (Wildman–Crippen LogP) is 3.59. The molecule has 1 aliphatic heterocycles. The third-order valence-corrected chi connectivity index (χ3v) is 4.49. The van der Waals surface area contributed by atoms with Gasteiger partial charge in [-0.3, -0.25) is 19.7 Å². The number of benzene rings is 2. The number of aryl methyl sites for hydroxylation is 2. The quantitative estimate of drug-likeness (QED) is 0.671. The summed E-state index contributed by atoms with van der Waals surface area (Å²) in [5.74, 6) is -0.270. The predicted molar refractivity (Wildman–Crippen MR) is 98.6 cm³/mol. The van der Waals surface area contributed by atoms with Crippen LogP contribution in [0.3, 0.4) is 0 Å². The van der Waals surface area contributed by atoms with Crippen LogP contribution in [0.4, 0.5) is 17.1 Å². The van der Waals surface area contributed by atoms with Gasteiger partial charge in [-0.2, -0.15) is 0 Å². The van der Waals surface area contributed by atoms with Crippen LogP contribution in [0.15, 0.2) is 36.4 Å². The van der Waals surface area contributed by atoms with E-state index in [-0.39, 0.29) is 17.5 Å². The Balaban J connectivity index is 1.82. The molecule has 2 aromatic carbocycles. The van der Waals surface area contributed by atoms with Crippen LogP contribution in [0, 0.1) is 24.0 Å². The fraction of sp³-hybridized carbons (Fsp3) is 0.263. The molecule has 3 rings (SSSR count). The number of hydrogen-bond donors (Lipinski definition) is 1.